The Morgan fingerprint density at radius 3 is 0.639 bits per heavy atom. The van der Waals surface area contributed by atoms with Gasteiger partial charge in [0.1, 0.15) is 19.3 Å². The number of phosphoric acid groups is 2. The molecule has 3 N–H and O–H groups in total. The van der Waals surface area contributed by atoms with Crippen molar-refractivity contribution in [2.45, 2.75) is 414 Å². The highest BCUT2D eigenvalue weighted by Gasteiger charge is 2.30. The Bertz CT molecular complexity index is 1900. The molecule has 0 aromatic carbocycles. The Balaban J connectivity index is 5.20. The van der Waals surface area contributed by atoms with Gasteiger partial charge in [0, 0.05) is 25.7 Å². The third kappa shape index (κ3) is 72.2. The van der Waals surface area contributed by atoms with Gasteiger partial charge in [0.25, 0.3) is 0 Å². The number of carbonyl (C=O) groups excluding carboxylic acids is 4. The highest BCUT2D eigenvalue weighted by molar-refractivity contribution is 7.47. The number of unbranched alkanes of at least 4 members (excludes halogenated alkanes) is 41. The zero-order valence-corrected chi connectivity index (χ0v) is 65.5. The molecule has 0 spiro atoms. The lowest BCUT2D eigenvalue weighted by Gasteiger charge is -2.21. The van der Waals surface area contributed by atoms with Gasteiger partial charge in [-0.1, -0.05) is 344 Å². The summed E-state index contributed by atoms with van der Waals surface area (Å²) >= 11 is 0. The molecule has 19 heteroatoms. The molecule has 0 fully saturated rings. The second-order valence-corrected chi connectivity index (χ2v) is 32.9. The summed E-state index contributed by atoms with van der Waals surface area (Å²) in [5.74, 6) is 0.910. The average Bonchev–Trinajstić information content (AvgIpc) is 1.08. The van der Waals surface area contributed by atoms with Crippen molar-refractivity contribution in [2.24, 2.45) is 23.7 Å². The minimum absolute atomic E-state index is 0.106. The average molecular weight is 1420 g/mol. The first kappa shape index (κ1) is 95.1. The summed E-state index contributed by atoms with van der Waals surface area (Å²) in [5, 5.41) is 10.6. The first-order valence-corrected chi connectivity index (χ1v) is 43.2. The van der Waals surface area contributed by atoms with Crippen molar-refractivity contribution in [1.29, 1.82) is 0 Å². The van der Waals surface area contributed by atoms with Crippen LogP contribution in [0.3, 0.4) is 0 Å². The Labute approximate surface area is 594 Å². The standard InChI is InChI=1S/C78H152O17P2/c1-68(2)54-46-38-30-24-18-14-11-9-10-12-16-20-27-33-42-50-58-75(80)88-64-73(94-78(83)61-53-45-35-29-23-22-26-32-40-48-56-70(5)6)66-92-96(84,85)90-62-72(79)63-91-97(86,87)93-67-74(65-89-76(81)59-51-43-37-36-41-49-57-71(7)8)95-77(82)60-52-44-34-28-21-17-13-15-19-25-31-39-47-55-69(3)4/h68-74,79H,9-67H2,1-8H3,(H,84,85)(H,86,87)/t72-,73-,74-/m1/s1. The van der Waals surface area contributed by atoms with Gasteiger partial charge >= 0.3 is 39.5 Å². The van der Waals surface area contributed by atoms with Gasteiger partial charge < -0.3 is 33.8 Å². The third-order valence-corrected chi connectivity index (χ3v) is 20.0. The number of aliphatic hydroxyl groups excluding tert-OH is 1. The van der Waals surface area contributed by atoms with Gasteiger partial charge in [0.2, 0.25) is 0 Å². The highest BCUT2D eigenvalue weighted by atomic mass is 31.2. The highest BCUT2D eigenvalue weighted by Crippen LogP contribution is 2.45. The van der Waals surface area contributed by atoms with Gasteiger partial charge in [-0.2, -0.15) is 0 Å². The molecule has 0 saturated carbocycles. The Kier molecular flexibility index (Phi) is 65.9. The summed E-state index contributed by atoms with van der Waals surface area (Å²) < 4.78 is 68.6. The number of aliphatic hydroxyl groups is 1. The lowest BCUT2D eigenvalue weighted by molar-refractivity contribution is -0.161. The fourth-order valence-electron chi connectivity index (χ4n) is 11.9. The Morgan fingerprint density at radius 2 is 0.433 bits per heavy atom. The lowest BCUT2D eigenvalue weighted by Crippen LogP contribution is -2.30. The van der Waals surface area contributed by atoms with Crippen LogP contribution in [0.2, 0.25) is 0 Å². The molecule has 0 radical (unpaired) electrons. The zero-order chi connectivity index (χ0) is 71.7. The fraction of sp³-hybridized carbons (Fsp3) is 0.949. The van der Waals surface area contributed by atoms with Crippen molar-refractivity contribution in [2.75, 3.05) is 39.6 Å². The molecular weight excluding hydrogens is 1270 g/mol. The predicted octanol–water partition coefficient (Wildman–Crippen LogP) is 22.8. The van der Waals surface area contributed by atoms with Crippen molar-refractivity contribution in [3.63, 3.8) is 0 Å². The maximum atomic E-state index is 13.1. The number of phosphoric ester groups is 2. The molecule has 0 rings (SSSR count). The minimum atomic E-state index is -4.96. The first-order chi connectivity index (χ1) is 46.6. The molecule has 17 nitrogen and oxygen atoms in total. The number of rotatable bonds is 75. The predicted molar refractivity (Wildman–Crippen MR) is 395 cm³/mol. The first-order valence-electron chi connectivity index (χ1n) is 40.2. The van der Waals surface area contributed by atoms with Crippen molar-refractivity contribution < 1.29 is 80.2 Å². The Morgan fingerprint density at radius 1 is 0.258 bits per heavy atom. The molecule has 0 aliphatic carbocycles. The largest absolute Gasteiger partial charge is 0.472 e. The van der Waals surface area contributed by atoms with E-state index in [1.807, 2.05) is 0 Å². The monoisotopic (exact) mass is 1420 g/mol. The van der Waals surface area contributed by atoms with E-state index in [-0.39, 0.29) is 25.7 Å². The topological polar surface area (TPSA) is 237 Å². The minimum Gasteiger partial charge on any atom is -0.462 e. The smallest absolute Gasteiger partial charge is 0.462 e. The van der Waals surface area contributed by atoms with Crippen molar-refractivity contribution in [1.82, 2.24) is 0 Å². The number of carbonyl (C=O) groups is 4. The molecule has 576 valence electrons. The van der Waals surface area contributed by atoms with E-state index >= 15 is 0 Å². The number of esters is 4. The van der Waals surface area contributed by atoms with E-state index in [9.17, 15) is 43.2 Å². The summed E-state index contributed by atoms with van der Waals surface area (Å²) in [7, 11) is -9.92. The summed E-state index contributed by atoms with van der Waals surface area (Å²) in [6.07, 6.45) is 52.9. The van der Waals surface area contributed by atoms with Crippen LogP contribution in [0.1, 0.15) is 396 Å². The van der Waals surface area contributed by atoms with Crippen LogP contribution in [0.25, 0.3) is 0 Å². The van der Waals surface area contributed by atoms with E-state index in [0.717, 1.165) is 114 Å². The molecule has 0 bridgehead atoms. The van der Waals surface area contributed by atoms with Gasteiger partial charge in [-0.3, -0.25) is 37.3 Å². The number of ether oxygens (including phenoxy) is 4. The number of hydrogen-bond donors (Lipinski definition) is 3. The van der Waals surface area contributed by atoms with E-state index in [1.54, 1.807) is 0 Å². The molecule has 0 aliphatic rings. The van der Waals surface area contributed by atoms with Crippen LogP contribution in [-0.4, -0.2) is 96.7 Å². The normalized spacial score (nSPS) is 14.1. The number of hydrogen-bond acceptors (Lipinski definition) is 15. The van der Waals surface area contributed by atoms with Crippen molar-refractivity contribution >= 4 is 39.5 Å². The fourth-order valence-corrected chi connectivity index (χ4v) is 13.5. The van der Waals surface area contributed by atoms with Crippen LogP contribution >= 0.6 is 15.6 Å². The molecule has 0 aliphatic heterocycles. The van der Waals surface area contributed by atoms with Gasteiger partial charge in [0.05, 0.1) is 26.4 Å². The van der Waals surface area contributed by atoms with Crippen LogP contribution in [-0.2, 0) is 65.4 Å². The van der Waals surface area contributed by atoms with Gasteiger partial charge in [-0.25, -0.2) is 9.13 Å². The molecular formula is C78H152O17P2. The molecule has 0 amide bonds. The van der Waals surface area contributed by atoms with Crippen molar-refractivity contribution in [3.8, 4) is 0 Å². The SMILES string of the molecule is CC(C)CCCCCCCCCCCCCCCCCCC(=O)OC[C@H](COP(=O)(O)OC[C@@H](O)COP(=O)(O)OC[C@@H](COC(=O)CCCCCCCCC(C)C)OC(=O)CCCCCCCCCCCCCCCC(C)C)OC(=O)CCCCCCCCCCCCC(C)C. The van der Waals surface area contributed by atoms with Gasteiger partial charge in [-0.05, 0) is 49.4 Å². The van der Waals surface area contributed by atoms with E-state index < -0.39 is 97.5 Å². The van der Waals surface area contributed by atoms with Crippen LogP contribution < -0.4 is 0 Å². The van der Waals surface area contributed by atoms with E-state index in [0.29, 0.717) is 31.6 Å². The molecule has 0 heterocycles. The molecule has 0 saturated heterocycles. The summed E-state index contributed by atoms with van der Waals surface area (Å²) in [4.78, 5) is 72.8. The van der Waals surface area contributed by atoms with E-state index in [1.165, 1.54) is 193 Å². The van der Waals surface area contributed by atoms with Crippen LogP contribution in [0.15, 0.2) is 0 Å². The van der Waals surface area contributed by atoms with Crippen LogP contribution in [0.4, 0.5) is 0 Å². The molecule has 0 aromatic rings. The quantitative estimate of drug-likeness (QED) is 0.0222. The van der Waals surface area contributed by atoms with Crippen molar-refractivity contribution in [3.05, 3.63) is 0 Å². The second-order valence-electron chi connectivity index (χ2n) is 30.0. The summed E-state index contributed by atoms with van der Waals surface area (Å²) in [6, 6.07) is 0. The third-order valence-electron chi connectivity index (χ3n) is 18.1. The maximum absolute atomic E-state index is 13.1. The lowest BCUT2D eigenvalue weighted by atomic mass is 10.0. The van der Waals surface area contributed by atoms with E-state index in [2.05, 4.69) is 55.4 Å². The van der Waals surface area contributed by atoms with Crippen LogP contribution in [0.5, 0.6) is 0 Å². The van der Waals surface area contributed by atoms with Gasteiger partial charge in [0.15, 0.2) is 12.2 Å². The summed E-state index contributed by atoms with van der Waals surface area (Å²) in [5.41, 5.74) is 0. The second kappa shape index (κ2) is 67.2. The molecule has 0 aromatic heterocycles. The van der Waals surface area contributed by atoms with E-state index in [4.69, 9.17) is 37.0 Å². The zero-order valence-electron chi connectivity index (χ0n) is 63.7. The molecule has 5 atom stereocenters. The Hall–Kier alpha value is -1.94. The summed E-state index contributed by atoms with van der Waals surface area (Å²) in [6.45, 7) is 14.2. The molecule has 97 heavy (non-hydrogen) atoms. The maximum Gasteiger partial charge on any atom is 0.472 e. The van der Waals surface area contributed by atoms with Gasteiger partial charge in [-0.15, -0.1) is 0 Å². The van der Waals surface area contributed by atoms with Crippen LogP contribution in [0, 0.1) is 23.7 Å². The molecule has 2 unspecified atom stereocenters.